The molecule has 2 N–H and O–H groups in total. The number of methoxy groups -OCH3 is 1. The predicted octanol–water partition coefficient (Wildman–Crippen LogP) is 4.25. The fraction of sp³-hybridized carbons (Fsp3) is 0.625. The topological polar surface area (TPSA) is 41.5 Å². The fourth-order valence-electron chi connectivity index (χ4n) is 3.13. The van der Waals surface area contributed by atoms with Crippen molar-refractivity contribution in [2.24, 2.45) is 5.41 Å². The maximum atomic E-state index is 9.75. The molecule has 3 nitrogen and oxygen atoms in total. The van der Waals surface area contributed by atoms with Crippen LogP contribution in [0.25, 0.3) is 0 Å². The van der Waals surface area contributed by atoms with Gasteiger partial charge in [-0.15, -0.1) is 0 Å². The van der Waals surface area contributed by atoms with Gasteiger partial charge in [0.2, 0.25) is 0 Å². The Balaban J connectivity index is 1.99. The number of rotatable bonds is 6. The predicted molar refractivity (Wildman–Crippen MR) is 92.7 cm³/mol. The molecular formula is C16H23Br2NO2. The molecule has 0 atom stereocenters. The molecule has 1 aromatic rings. The Kier molecular flexibility index (Phi) is 6.53. The molecule has 2 rings (SSSR count). The zero-order chi connectivity index (χ0) is 15.3. The maximum absolute atomic E-state index is 9.75. The number of nitrogens with one attached hydrogen (secondary N) is 1. The normalized spacial score (nSPS) is 17.7. The van der Waals surface area contributed by atoms with E-state index in [1.54, 1.807) is 7.11 Å². The summed E-state index contributed by atoms with van der Waals surface area (Å²) in [7, 11) is 1.69. The highest BCUT2D eigenvalue weighted by Crippen LogP contribution is 2.36. The van der Waals surface area contributed by atoms with Crippen molar-refractivity contribution in [3.05, 3.63) is 26.6 Å². The van der Waals surface area contributed by atoms with Crippen molar-refractivity contribution >= 4 is 31.9 Å². The highest BCUT2D eigenvalue weighted by Gasteiger charge is 2.30. The average Bonchev–Trinajstić information content (AvgIpc) is 2.48. The van der Waals surface area contributed by atoms with Crippen LogP contribution in [0.1, 0.15) is 37.7 Å². The van der Waals surface area contributed by atoms with Gasteiger partial charge in [0.25, 0.3) is 0 Å². The molecule has 0 aromatic heterocycles. The van der Waals surface area contributed by atoms with Gasteiger partial charge in [-0.3, -0.25) is 0 Å². The summed E-state index contributed by atoms with van der Waals surface area (Å²) in [5, 5.41) is 13.3. The number of aliphatic hydroxyl groups excluding tert-OH is 1. The zero-order valence-corrected chi connectivity index (χ0v) is 15.6. The molecule has 1 aromatic carbocycles. The van der Waals surface area contributed by atoms with Gasteiger partial charge in [-0.25, -0.2) is 0 Å². The Bertz CT molecular complexity index is 474. The summed E-state index contributed by atoms with van der Waals surface area (Å²) in [6, 6.07) is 4.06. The second-order valence-electron chi connectivity index (χ2n) is 5.90. The van der Waals surface area contributed by atoms with Crippen LogP contribution < -0.4 is 10.1 Å². The van der Waals surface area contributed by atoms with Gasteiger partial charge in [0.1, 0.15) is 5.75 Å². The van der Waals surface area contributed by atoms with Crippen LogP contribution in [0.3, 0.4) is 0 Å². The third-order valence-corrected chi connectivity index (χ3v) is 5.40. The van der Waals surface area contributed by atoms with Gasteiger partial charge in [0.15, 0.2) is 0 Å². The van der Waals surface area contributed by atoms with Gasteiger partial charge in [-0.05, 0) is 40.9 Å². The summed E-state index contributed by atoms with van der Waals surface area (Å²) < 4.78 is 7.45. The number of halogens is 2. The Morgan fingerprint density at radius 3 is 2.57 bits per heavy atom. The van der Waals surface area contributed by atoms with Crippen LogP contribution in [-0.4, -0.2) is 25.4 Å². The van der Waals surface area contributed by atoms with Crippen molar-refractivity contribution in [1.82, 2.24) is 5.32 Å². The minimum Gasteiger partial charge on any atom is -0.495 e. The van der Waals surface area contributed by atoms with E-state index in [4.69, 9.17) is 4.74 Å². The van der Waals surface area contributed by atoms with Gasteiger partial charge in [0.05, 0.1) is 11.6 Å². The molecule has 0 amide bonds. The first kappa shape index (κ1) is 17.3. The highest BCUT2D eigenvalue weighted by molar-refractivity contribution is 9.11. The summed E-state index contributed by atoms with van der Waals surface area (Å²) in [5.74, 6) is 0.868. The molecule has 0 bridgehead atoms. The quantitative estimate of drug-likeness (QED) is 0.722. The first-order chi connectivity index (χ1) is 10.1. The minimum absolute atomic E-state index is 0.0642. The largest absolute Gasteiger partial charge is 0.495 e. The molecule has 118 valence electrons. The first-order valence-electron chi connectivity index (χ1n) is 7.44. The van der Waals surface area contributed by atoms with Gasteiger partial charge in [-0.2, -0.15) is 0 Å². The molecule has 0 unspecified atom stereocenters. The van der Waals surface area contributed by atoms with E-state index >= 15 is 0 Å². The van der Waals surface area contributed by atoms with Crippen molar-refractivity contribution in [3.63, 3.8) is 0 Å². The molecule has 5 heteroatoms. The lowest BCUT2D eigenvalue weighted by molar-refractivity contribution is 0.0810. The monoisotopic (exact) mass is 419 g/mol. The van der Waals surface area contributed by atoms with E-state index in [0.717, 1.165) is 46.2 Å². The van der Waals surface area contributed by atoms with Crippen LogP contribution in [0.5, 0.6) is 5.75 Å². The lowest BCUT2D eigenvalue weighted by atomic mass is 9.74. The van der Waals surface area contributed by atoms with Crippen LogP contribution in [0.2, 0.25) is 0 Å². The van der Waals surface area contributed by atoms with Crippen LogP contribution in [0.4, 0.5) is 0 Å². The van der Waals surface area contributed by atoms with E-state index in [1.807, 2.05) is 6.07 Å². The van der Waals surface area contributed by atoms with Crippen molar-refractivity contribution in [3.8, 4) is 5.75 Å². The standard InChI is InChI=1S/C16H23Br2NO2/c1-21-15-12(7-13(17)8-14(15)18)9-19-10-16(11-20)5-3-2-4-6-16/h7-8,19-20H,2-6,9-11H2,1H3. The van der Waals surface area contributed by atoms with E-state index in [0.29, 0.717) is 0 Å². The SMILES string of the molecule is COc1c(Br)cc(Br)cc1CNCC1(CO)CCCCC1. The van der Waals surface area contributed by atoms with Crippen molar-refractivity contribution in [2.75, 3.05) is 20.3 Å². The van der Waals surface area contributed by atoms with Crippen molar-refractivity contribution in [1.29, 1.82) is 0 Å². The Hall–Kier alpha value is -0.100. The Labute approximate surface area is 143 Å². The molecule has 1 aliphatic rings. The average molecular weight is 421 g/mol. The van der Waals surface area contributed by atoms with Gasteiger partial charge >= 0.3 is 0 Å². The zero-order valence-electron chi connectivity index (χ0n) is 12.4. The van der Waals surface area contributed by atoms with Crippen LogP contribution >= 0.6 is 31.9 Å². The van der Waals surface area contributed by atoms with Gasteiger partial charge < -0.3 is 15.2 Å². The summed E-state index contributed by atoms with van der Waals surface area (Å²) >= 11 is 7.04. The Morgan fingerprint density at radius 1 is 1.24 bits per heavy atom. The minimum atomic E-state index is 0.0642. The molecule has 1 fully saturated rings. The number of hydrogen-bond donors (Lipinski definition) is 2. The van der Waals surface area contributed by atoms with E-state index in [9.17, 15) is 5.11 Å². The first-order valence-corrected chi connectivity index (χ1v) is 9.02. The third kappa shape index (κ3) is 4.44. The summed E-state index contributed by atoms with van der Waals surface area (Å²) in [6.07, 6.45) is 6.00. The second kappa shape index (κ2) is 7.95. The molecule has 1 aliphatic carbocycles. The second-order valence-corrected chi connectivity index (χ2v) is 7.67. The molecule has 21 heavy (non-hydrogen) atoms. The van der Waals surface area contributed by atoms with Crippen LogP contribution in [0, 0.1) is 5.41 Å². The summed E-state index contributed by atoms with van der Waals surface area (Å²) in [6.45, 7) is 1.87. The molecular weight excluding hydrogens is 398 g/mol. The lowest BCUT2D eigenvalue weighted by Crippen LogP contribution is -2.38. The van der Waals surface area contributed by atoms with E-state index in [-0.39, 0.29) is 12.0 Å². The maximum Gasteiger partial charge on any atom is 0.137 e. The molecule has 0 heterocycles. The van der Waals surface area contributed by atoms with Gasteiger partial charge in [-0.1, -0.05) is 35.2 Å². The number of hydrogen-bond acceptors (Lipinski definition) is 3. The lowest BCUT2D eigenvalue weighted by Gasteiger charge is -2.35. The fourth-order valence-corrected chi connectivity index (χ4v) is 4.60. The van der Waals surface area contributed by atoms with E-state index in [2.05, 4.69) is 43.2 Å². The van der Waals surface area contributed by atoms with Crippen molar-refractivity contribution in [2.45, 2.75) is 38.6 Å². The molecule has 0 radical (unpaired) electrons. The van der Waals surface area contributed by atoms with Crippen LogP contribution in [-0.2, 0) is 6.54 Å². The molecule has 1 saturated carbocycles. The summed E-state index contributed by atoms with van der Waals surface area (Å²) in [5.41, 5.74) is 1.18. The number of ether oxygens (including phenoxy) is 1. The molecule has 0 saturated heterocycles. The smallest absolute Gasteiger partial charge is 0.137 e. The van der Waals surface area contributed by atoms with Crippen molar-refractivity contribution < 1.29 is 9.84 Å². The number of aliphatic hydroxyl groups is 1. The number of benzene rings is 1. The van der Waals surface area contributed by atoms with Crippen LogP contribution in [0.15, 0.2) is 21.1 Å². The third-order valence-electron chi connectivity index (χ3n) is 4.35. The van der Waals surface area contributed by atoms with E-state index in [1.165, 1.54) is 19.3 Å². The highest BCUT2D eigenvalue weighted by atomic mass is 79.9. The Morgan fingerprint density at radius 2 is 1.95 bits per heavy atom. The molecule has 0 spiro atoms. The molecule has 0 aliphatic heterocycles. The van der Waals surface area contributed by atoms with Gasteiger partial charge in [0, 0.05) is 35.1 Å². The van der Waals surface area contributed by atoms with E-state index < -0.39 is 0 Å². The summed E-state index contributed by atoms with van der Waals surface area (Å²) in [4.78, 5) is 0.